The molecule has 0 amide bonds. The number of ether oxygens (including phenoxy) is 3. The van der Waals surface area contributed by atoms with Crippen LogP contribution >= 0.6 is 11.6 Å². The Hall–Kier alpha value is -1.91. The van der Waals surface area contributed by atoms with Crippen molar-refractivity contribution in [2.75, 3.05) is 27.9 Å². The van der Waals surface area contributed by atoms with Gasteiger partial charge in [-0.05, 0) is 42.4 Å². The number of benzene rings is 2. The van der Waals surface area contributed by atoms with Gasteiger partial charge in [0.2, 0.25) is 0 Å². The highest BCUT2D eigenvalue weighted by atomic mass is 35.5. The molecule has 0 unspecified atom stereocenters. The first-order valence-electron chi connectivity index (χ1n) is 7.87. The molecule has 2 aromatic carbocycles. The van der Waals surface area contributed by atoms with Crippen molar-refractivity contribution in [2.45, 2.75) is 20.0 Å². The van der Waals surface area contributed by atoms with Gasteiger partial charge in [-0.25, -0.2) is 0 Å². The Balaban J connectivity index is 2.17. The summed E-state index contributed by atoms with van der Waals surface area (Å²) in [5.41, 5.74) is 2.24. The number of hydrogen-bond acceptors (Lipinski definition) is 4. The molecule has 0 aromatic heterocycles. The van der Waals surface area contributed by atoms with Gasteiger partial charge in [0.25, 0.3) is 0 Å². The van der Waals surface area contributed by atoms with Gasteiger partial charge in [0.15, 0.2) is 11.5 Å². The van der Waals surface area contributed by atoms with Gasteiger partial charge in [-0.1, -0.05) is 24.6 Å². The summed E-state index contributed by atoms with van der Waals surface area (Å²) in [6.45, 7) is 4.60. The lowest BCUT2D eigenvalue weighted by Gasteiger charge is -2.22. The zero-order chi connectivity index (χ0) is 17.5. The largest absolute Gasteiger partial charge is 0.496 e. The summed E-state index contributed by atoms with van der Waals surface area (Å²) in [6.07, 6.45) is 0. The van der Waals surface area contributed by atoms with Crippen molar-refractivity contribution >= 4 is 11.6 Å². The van der Waals surface area contributed by atoms with Gasteiger partial charge < -0.3 is 14.2 Å². The van der Waals surface area contributed by atoms with Crippen LogP contribution in [0, 0.1) is 0 Å². The lowest BCUT2D eigenvalue weighted by Crippen LogP contribution is -2.22. The van der Waals surface area contributed by atoms with Crippen molar-refractivity contribution < 1.29 is 14.2 Å². The number of halogens is 1. The van der Waals surface area contributed by atoms with Gasteiger partial charge in [-0.3, -0.25) is 4.90 Å². The van der Waals surface area contributed by atoms with Crippen LogP contribution in [0.3, 0.4) is 0 Å². The average molecular weight is 350 g/mol. The zero-order valence-corrected chi connectivity index (χ0v) is 15.4. The molecule has 130 valence electrons. The van der Waals surface area contributed by atoms with E-state index in [-0.39, 0.29) is 0 Å². The molecule has 5 heteroatoms. The van der Waals surface area contributed by atoms with Gasteiger partial charge in [0, 0.05) is 23.7 Å². The van der Waals surface area contributed by atoms with Crippen LogP contribution in [-0.4, -0.2) is 32.8 Å². The van der Waals surface area contributed by atoms with Crippen LogP contribution in [0.25, 0.3) is 0 Å². The van der Waals surface area contributed by atoms with E-state index in [0.717, 1.165) is 48.0 Å². The lowest BCUT2D eigenvalue weighted by atomic mass is 10.1. The molecule has 0 fully saturated rings. The van der Waals surface area contributed by atoms with E-state index in [1.54, 1.807) is 21.3 Å². The fourth-order valence-corrected chi connectivity index (χ4v) is 2.82. The van der Waals surface area contributed by atoms with Crippen LogP contribution in [0.2, 0.25) is 5.02 Å². The van der Waals surface area contributed by atoms with Gasteiger partial charge in [-0.15, -0.1) is 0 Å². The Morgan fingerprint density at radius 2 is 1.50 bits per heavy atom. The first-order chi connectivity index (χ1) is 11.6. The highest BCUT2D eigenvalue weighted by Crippen LogP contribution is 2.29. The van der Waals surface area contributed by atoms with E-state index in [9.17, 15) is 0 Å². The normalized spacial score (nSPS) is 10.8. The summed E-state index contributed by atoms with van der Waals surface area (Å²) in [7, 11) is 4.97. The zero-order valence-electron chi connectivity index (χ0n) is 14.6. The summed E-state index contributed by atoms with van der Waals surface area (Å²) in [6, 6.07) is 11.7. The molecule has 0 saturated heterocycles. The monoisotopic (exact) mass is 349 g/mol. The SMILES string of the molecule is CCN(Cc1ccc(OC)c(OC)c1)Cc1cc(Cl)ccc1OC. The molecule has 0 radical (unpaired) electrons. The third-order valence-electron chi connectivity index (χ3n) is 3.94. The van der Waals surface area contributed by atoms with Crippen molar-refractivity contribution in [3.63, 3.8) is 0 Å². The minimum Gasteiger partial charge on any atom is -0.496 e. The molecule has 0 aliphatic rings. The van der Waals surface area contributed by atoms with Gasteiger partial charge >= 0.3 is 0 Å². The van der Waals surface area contributed by atoms with Gasteiger partial charge in [-0.2, -0.15) is 0 Å². The quantitative estimate of drug-likeness (QED) is 0.707. The number of methoxy groups -OCH3 is 3. The number of hydrogen-bond donors (Lipinski definition) is 0. The smallest absolute Gasteiger partial charge is 0.161 e. The highest BCUT2D eigenvalue weighted by molar-refractivity contribution is 6.30. The Morgan fingerprint density at radius 1 is 0.833 bits per heavy atom. The molecule has 0 aliphatic heterocycles. The topological polar surface area (TPSA) is 30.9 Å². The van der Waals surface area contributed by atoms with E-state index in [0.29, 0.717) is 5.02 Å². The molecule has 0 spiro atoms. The average Bonchev–Trinajstić information content (AvgIpc) is 2.61. The van der Waals surface area contributed by atoms with Crippen molar-refractivity contribution in [3.8, 4) is 17.2 Å². The number of nitrogens with zero attached hydrogens (tertiary/aromatic N) is 1. The van der Waals surface area contributed by atoms with Crippen LogP contribution in [0.15, 0.2) is 36.4 Å². The Kier molecular flexibility index (Phi) is 6.76. The molecule has 0 N–H and O–H groups in total. The first-order valence-corrected chi connectivity index (χ1v) is 8.24. The molecular formula is C19H24ClNO3. The van der Waals surface area contributed by atoms with Crippen molar-refractivity contribution in [1.82, 2.24) is 4.90 Å². The summed E-state index contributed by atoms with van der Waals surface area (Å²) < 4.78 is 16.1. The fraction of sp³-hybridized carbons (Fsp3) is 0.368. The van der Waals surface area contributed by atoms with E-state index in [4.69, 9.17) is 25.8 Å². The Bertz CT molecular complexity index is 676. The van der Waals surface area contributed by atoms with E-state index < -0.39 is 0 Å². The third kappa shape index (κ3) is 4.56. The summed E-state index contributed by atoms with van der Waals surface area (Å²) in [5.74, 6) is 2.33. The number of rotatable bonds is 8. The van der Waals surface area contributed by atoms with Crippen molar-refractivity contribution in [1.29, 1.82) is 0 Å². The van der Waals surface area contributed by atoms with E-state index in [2.05, 4.69) is 17.9 Å². The molecule has 0 atom stereocenters. The maximum atomic E-state index is 6.13. The highest BCUT2D eigenvalue weighted by Gasteiger charge is 2.12. The molecule has 24 heavy (non-hydrogen) atoms. The molecule has 0 heterocycles. The molecular weight excluding hydrogens is 326 g/mol. The standard InChI is InChI=1S/C19H24ClNO3/c1-5-21(13-15-11-16(20)7-9-17(15)22-2)12-14-6-8-18(23-3)19(10-14)24-4/h6-11H,5,12-13H2,1-4H3. The minimum atomic E-state index is 0.716. The third-order valence-corrected chi connectivity index (χ3v) is 4.17. The van der Waals surface area contributed by atoms with Crippen LogP contribution in [0.1, 0.15) is 18.1 Å². The molecule has 4 nitrogen and oxygen atoms in total. The second-order valence-electron chi connectivity index (χ2n) is 5.45. The Labute approximate surface area is 148 Å². The van der Waals surface area contributed by atoms with Crippen LogP contribution in [-0.2, 0) is 13.1 Å². The molecule has 2 rings (SSSR count). The predicted molar refractivity (Wildman–Crippen MR) is 97.3 cm³/mol. The van der Waals surface area contributed by atoms with Crippen molar-refractivity contribution in [3.05, 3.63) is 52.5 Å². The Morgan fingerprint density at radius 3 is 2.12 bits per heavy atom. The first kappa shape index (κ1) is 18.4. The van der Waals surface area contributed by atoms with Crippen LogP contribution in [0.4, 0.5) is 0 Å². The predicted octanol–water partition coefficient (Wildman–Crippen LogP) is 4.39. The maximum absolute atomic E-state index is 6.13. The fourth-order valence-electron chi connectivity index (χ4n) is 2.63. The summed E-state index contributed by atoms with van der Waals surface area (Å²) in [5, 5.41) is 0.716. The van der Waals surface area contributed by atoms with E-state index in [1.165, 1.54) is 0 Å². The molecule has 0 saturated carbocycles. The van der Waals surface area contributed by atoms with Crippen LogP contribution in [0.5, 0.6) is 17.2 Å². The van der Waals surface area contributed by atoms with Gasteiger partial charge in [0.1, 0.15) is 5.75 Å². The molecule has 2 aromatic rings. The maximum Gasteiger partial charge on any atom is 0.161 e. The molecule has 0 aliphatic carbocycles. The second-order valence-corrected chi connectivity index (χ2v) is 5.89. The minimum absolute atomic E-state index is 0.716. The van der Waals surface area contributed by atoms with E-state index in [1.807, 2.05) is 30.3 Å². The summed E-state index contributed by atoms with van der Waals surface area (Å²) >= 11 is 6.13. The molecule has 0 bridgehead atoms. The lowest BCUT2D eigenvalue weighted by molar-refractivity contribution is 0.265. The van der Waals surface area contributed by atoms with Gasteiger partial charge in [0.05, 0.1) is 21.3 Å². The summed E-state index contributed by atoms with van der Waals surface area (Å²) in [4.78, 5) is 2.31. The van der Waals surface area contributed by atoms with E-state index >= 15 is 0 Å². The van der Waals surface area contributed by atoms with Crippen LogP contribution < -0.4 is 14.2 Å². The second kappa shape index (κ2) is 8.81. The van der Waals surface area contributed by atoms with Crippen molar-refractivity contribution in [2.24, 2.45) is 0 Å².